The summed E-state index contributed by atoms with van der Waals surface area (Å²) in [5.41, 5.74) is 3.08. The van der Waals surface area contributed by atoms with E-state index in [9.17, 15) is 13.2 Å². The molecule has 0 N–H and O–H groups in total. The summed E-state index contributed by atoms with van der Waals surface area (Å²) in [4.78, 5) is 14.4. The van der Waals surface area contributed by atoms with Crippen molar-refractivity contribution in [2.24, 2.45) is 0 Å². The molecule has 0 aliphatic carbocycles. The quantitative estimate of drug-likeness (QED) is 0.797. The van der Waals surface area contributed by atoms with E-state index in [2.05, 4.69) is 5.10 Å². The Morgan fingerprint density at radius 2 is 1.96 bits per heavy atom. The third-order valence-corrected chi connectivity index (χ3v) is 6.94. The molecule has 1 amide bonds. The van der Waals surface area contributed by atoms with Crippen LogP contribution in [0.1, 0.15) is 33.6 Å². The summed E-state index contributed by atoms with van der Waals surface area (Å²) in [5.74, 6) is -0.164. The number of benzene rings is 1. The lowest BCUT2D eigenvalue weighted by Gasteiger charge is -2.23. The molecule has 2 heterocycles. The van der Waals surface area contributed by atoms with Crippen LogP contribution >= 0.6 is 11.6 Å². The molecule has 0 saturated carbocycles. The van der Waals surface area contributed by atoms with E-state index in [1.807, 2.05) is 31.2 Å². The molecule has 0 spiro atoms. The Balaban J connectivity index is 1.83. The van der Waals surface area contributed by atoms with Crippen molar-refractivity contribution in [3.63, 3.8) is 0 Å². The molecule has 3 rings (SSSR count). The van der Waals surface area contributed by atoms with Gasteiger partial charge in [-0.3, -0.25) is 4.79 Å². The lowest BCUT2D eigenvalue weighted by atomic mass is 10.1. The number of aromatic nitrogens is 2. The Morgan fingerprint density at radius 3 is 2.54 bits per heavy atom. The zero-order chi connectivity index (χ0) is 19.1. The molecular weight excluding hydrogens is 374 g/mol. The minimum atomic E-state index is -3.06. The molecular formula is C18H22ClN3O3S. The molecule has 140 valence electrons. The number of hydrogen-bond donors (Lipinski definition) is 0. The van der Waals surface area contributed by atoms with Gasteiger partial charge in [0.25, 0.3) is 5.91 Å². The van der Waals surface area contributed by atoms with Crippen molar-refractivity contribution in [3.8, 4) is 0 Å². The van der Waals surface area contributed by atoms with Gasteiger partial charge < -0.3 is 4.90 Å². The summed E-state index contributed by atoms with van der Waals surface area (Å²) >= 11 is 6.45. The predicted molar refractivity (Wildman–Crippen MR) is 101 cm³/mol. The lowest BCUT2D eigenvalue weighted by Crippen LogP contribution is -2.38. The number of hydrogen-bond acceptors (Lipinski definition) is 4. The van der Waals surface area contributed by atoms with Crippen molar-refractivity contribution >= 4 is 27.3 Å². The molecule has 0 bridgehead atoms. The Kier molecular flexibility index (Phi) is 5.12. The SMILES string of the molecule is Cc1ccc(Cn2nc(C)c(C(=O)N(C)C3CCS(=O)(=O)C3)c2Cl)cc1. The van der Waals surface area contributed by atoms with E-state index in [0.717, 1.165) is 5.56 Å². The number of halogens is 1. The van der Waals surface area contributed by atoms with Crippen LogP contribution in [-0.2, 0) is 16.4 Å². The van der Waals surface area contributed by atoms with Crippen LogP contribution in [0.3, 0.4) is 0 Å². The topological polar surface area (TPSA) is 72.3 Å². The summed E-state index contributed by atoms with van der Waals surface area (Å²) in [7, 11) is -1.44. The highest BCUT2D eigenvalue weighted by molar-refractivity contribution is 7.91. The molecule has 1 unspecified atom stereocenters. The molecule has 1 aliphatic rings. The van der Waals surface area contributed by atoms with E-state index in [0.29, 0.717) is 24.2 Å². The van der Waals surface area contributed by atoms with Gasteiger partial charge in [0.2, 0.25) is 0 Å². The predicted octanol–water partition coefficient (Wildman–Crippen LogP) is 2.46. The van der Waals surface area contributed by atoms with Gasteiger partial charge in [0.15, 0.2) is 9.84 Å². The van der Waals surface area contributed by atoms with E-state index in [1.165, 1.54) is 10.5 Å². The molecule has 1 aliphatic heterocycles. The van der Waals surface area contributed by atoms with Gasteiger partial charge in [-0.15, -0.1) is 0 Å². The van der Waals surface area contributed by atoms with E-state index in [1.54, 1.807) is 18.7 Å². The Hall–Kier alpha value is -1.86. The van der Waals surface area contributed by atoms with E-state index in [-0.39, 0.29) is 28.6 Å². The summed E-state index contributed by atoms with van der Waals surface area (Å²) in [6, 6.07) is 7.71. The summed E-state index contributed by atoms with van der Waals surface area (Å²) in [6.07, 6.45) is 0.457. The van der Waals surface area contributed by atoms with Crippen LogP contribution in [0.15, 0.2) is 24.3 Å². The van der Waals surface area contributed by atoms with Crippen LogP contribution in [0.4, 0.5) is 0 Å². The lowest BCUT2D eigenvalue weighted by molar-refractivity contribution is 0.0747. The van der Waals surface area contributed by atoms with Gasteiger partial charge in [-0.1, -0.05) is 41.4 Å². The number of carbonyl (C=O) groups is 1. The second kappa shape index (κ2) is 7.04. The first-order valence-corrected chi connectivity index (χ1v) is 10.6. The minimum absolute atomic E-state index is 0.00338. The number of nitrogens with zero attached hydrogens (tertiary/aromatic N) is 3. The van der Waals surface area contributed by atoms with Crippen molar-refractivity contribution in [1.29, 1.82) is 0 Å². The molecule has 2 aromatic rings. The average Bonchev–Trinajstić information content (AvgIpc) is 3.07. The number of carbonyl (C=O) groups excluding carboxylic acids is 1. The number of sulfone groups is 1. The smallest absolute Gasteiger partial charge is 0.258 e. The van der Waals surface area contributed by atoms with Gasteiger partial charge in [0.05, 0.1) is 29.3 Å². The van der Waals surface area contributed by atoms with Gasteiger partial charge >= 0.3 is 0 Å². The zero-order valence-corrected chi connectivity index (χ0v) is 16.6. The number of rotatable bonds is 4. The molecule has 1 aromatic carbocycles. The van der Waals surface area contributed by atoms with Crippen molar-refractivity contribution in [2.75, 3.05) is 18.6 Å². The van der Waals surface area contributed by atoms with Crippen LogP contribution in [0, 0.1) is 13.8 Å². The average molecular weight is 396 g/mol. The van der Waals surface area contributed by atoms with Gasteiger partial charge in [-0.05, 0) is 25.8 Å². The third kappa shape index (κ3) is 3.78. The highest BCUT2D eigenvalue weighted by Gasteiger charge is 2.34. The van der Waals surface area contributed by atoms with E-state index in [4.69, 9.17) is 11.6 Å². The first-order chi connectivity index (χ1) is 12.2. The molecule has 6 nitrogen and oxygen atoms in total. The Bertz CT molecular complexity index is 935. The fourth-order valence-electron chi connectivity index (χ4n) is 3.19. The number of amides is 1. The van der Waals surface area contributed by atoms with Crippen molar-refractivity contribution in [1.82, 2.24) is 14.7 Å². The maximum Gasteiger partial charge on any atom is 0.258 e. The van der Waals surface area contributed by atoms with E-state index < -0.39 is 9.84 Å². The fourth-order valence-corrected chi connectivity index (χ4v) is 5.28. The monoisotopic (exact) mass is 395 g/mol. The first kappa shape index (κ1) is 18.9. The molecule has 1 fully saturated rings. The van der Waals surface area contributed by atoms with Crippen LogP contribution < -0.4 is 0 Å². The van der Waals surface area contributed by atoms with Crippen molar-refractivity contribution < 1.29 is 13.2 Å². The highest BCUT2D eigenvalue weighted by atomic mass is 35.5. The summed E-state index contributed by atoms with van der Waals surface area (Å²) < 4.78 is 25.0. The van der Waals surface area contributed by atoms with Gasteiger partial charge in [0.1, 0.15) is 5.15 Å². The summed E-state index contributed by atoms with van der Waals surface area (Å²) in [5, 5.41) is 4.68. The third-order valence-electron chi connectivity index (χ3n) is 4.81. The van der Waals surface area contributed by atoms with Crippen molar-refractivity contribution in [2.45, 2.75) is 32.9 Å². The van der Waals surface area contributed by atoms with Crippen LogP contribution in [0.25, 0.3) is 0 Å². The molecule has 1 aromatic heterocycles. The molecule has 1 saturated heterocycles. The van der Waals surface area contributed by atoms with Crippen LogP contribution in [0.5, 0.6) is 0 Å². The van der Waals surface area contributed by atoms with Crippen LogP contribution in [-0.4, -0.2) is 53.6 Å². The van der Waals surface area contributed by atoms with E-state index >= 15 is 0 Å². The second-order valence-corrected chi connectivity index (χ2v) is 9.45. The fraction of sp³-hybridized carbons (Fsp3) is 0.444. The highest BCUT2D eigenvalue weighted by Crippen LogP contribution is 2.25. The Labute approximate surface area is 158 Å². The largest absolute Gasteiger partial charge is 0.338 e. The van der Waals surface area contributed by atoms with Gasteiger partial charge in [-0.2, -0.15) is 5.10 Å². The maximum absolute atomic E-state index is 12.9. The molecule has 1 atom stereocenters. The number of aryl methyl sites for hydroxylation is 2. The van der Waals surface area contributed by atoms with Gasteiger partial charge in [-0.25, -0.2) is 13.1 Å². The first-order valence-electron chi connectivity index (χ1n) is 8.44. The molecule has 0 radical (unpaired) electrons. The zero-order valence-electron chi connectivity index (χ0n) is 15.1. The van der Waals surface area contributed by atoms with Crippen molar-refractivity contribution in [3.05, 3.63) is 51.8 Å². The minimum Gasteiger partial charge on any atom is -0.338 e. The maximum atomic E-state index is 12.9. The second-order valence-electron chi connectivity index (χ2n) is 6.87. The Morgan fingerprint density at radius 1 is 1.31 bits per heavy atom. The normalized spacial score (nSPS) is 18.8. The van der Waals surface area contributed by atoms with Crippen LogP contribution in [0.2, 0.25) is 5.15 Å². The standard InChI is InChI=1S/C18H22ClN3O3S/c1-12-4-6-14(7-5-12)10-22-17(19)16(13(2)20-22)18(23)21(3)15-8-9-26(24,25)11-15/h4-7,15H,8-11H2,1-3H3. The molecule has 8 heteroatoms. The summed E-state index contributed by atoms with van der Waals surface area (Å²) in [6.45, 7) is 4.23. The molecule has 26 heavy (non-hydrogen) atoms. The van der Waals surface area contributed by atoms with Gasteiger partial charge in [0, 0.05) is 13.1 Å².